The quantitative estimate of drug-likeness (QED) is 0.730. The predicted octanol–water partition coefficient (Wildman–Crippen LogP) is 2.56. The van der Waals surface area contributed by atoms with Crippen molar-refractivity contribution >= 4 is 0 Å². The minimum atomic E-state index is 0.177. The van der Waals surface area contributed by atoms with Crippen LogP contribution in [0.25, 0.3) is 0 Å². The van der Waals surface area contributed by atoms with Gasteiger partial charge in [0.1, 0.15) is 0 Å². The smallest absolute Gasteiger partial charge is 0.0671 e. The van der Waals surface area contributed by atoms with Crippen LogP contribution in [0, 0.1) is 29.1 Å². The average Bonchev–Trinajstić information content (AvgIpc) is 2.64. The van der Waals surface area contributed by atoms with E-state index in [2.05, 4.69) is 25.2 Å². The molecule has 1 rings (SSSR count). The fourth-order valence-corrected chi connectivity index (χ4v) is 2.09. The molecule has 14 heavy (non-hydrogen) atoms. The third-order valence-corrected chi connectivity index (χ3v) is 3.24. The molecule has 0 aromatic rings. The molecule has 2 nitrogen and oxygen atoms in total. The lowest BCUT2D eigenvalue weighted by molar-refractivity contribution is 0.411. The van der Waals surface area contributed by atoms with E-state index < -0.39 is 0 Å². The summed E-state index contributed by atoms with van der Waals surface area (Å²) in [4.78, 5) is 0. The Morgan fingerprint density at radius 3 is 2.50 bits per heavy atom. The number of hydrogen-bond donors (Lipinski definition) is 1. The monoisotopic (exact) mass is 194 g/mol. The van der Waals surface area contributed by atoms with Gasteiger partial charge >= 0.3 is 0 Å². The van der Waals surface area contributed by atoms with Crippen LogP contribution in [0.2, 0.25) is 0 Å². The van der Waals surface area contributed by atoms with Gasteiger partial charge in [0.15, 0.2) is 0 Å². The second-order valence-corrected chi connectivity index (χ2v) is 4.79. The predicted molar refractivity (Wildman–Crippen MR) is 58.8 cm³/mol. The zero-order valence-electron chi connectivity index (χ0n) is 9.42. The highest BCUT2D eigenvalue weighted by Crippen LogP contribution is 2.23. The van der Waals surface area contributed by atoms with Crippen LogP contribution < -0.4 is 5.32 Å². The first-order chi connectivity index (χ1) is 6.74. The Kier molecular flexibility index (Phi) is 4.97. The van der Waals surface area contributed by atoms with Gasteiger partial charge in [-0.15, -0.1) is 0 Å². The maximum absolute atomic E-state index is 8.90. The van der Waals surface area contributed by atoms with Crippen molar-refractivity contribution in [1.82, 2.24) is 5.32 Å². The van der Waals surface area contributed by atoms with Crippen LogP contribution in [0.1, 0.15) is 39.5 Å². The van der Waals surface area contributed by atoms with Crippen LogP contribution >= 0.6 is 0 Å². The van der Waals surface area contributed by atoms with E-state index in [-0.39, 0.29) is 5.92 Å². The van der Waals surface area contributed by atoms with Gasteiger partial charge < -0.3 is 5.32 Å². The molecule has 0 amide bonds. The first kappa shape index (κ1) is 11.5. The molecule has 2 heteroatoms. The molecule has 1 fully saturated rings. The lowest BCUT2D eigenvalue weighted by atomic mass is 9.97. The van der Waals surface area contributed by atoms with Crippen molar-refractivity contribution in [1.29, 1.82) is 5.26 Å². The van der Waals surface area contributed by atoms with E-state index in [1.165, 1.54) is 25.7 Å². The molecular weight excluding hydrogens is 172 g/mol. The largest absolute Gasteiger partial charge is 0.315 e. The molecule has 0 aromatic carbocycles. The Bertz CT molecular complexity index is 187. The highest BCUT2D eigenvalue weighted by Gasteiger charge is 2.16. The van der Waals surface area contributed by atoms with Crippen LogP contribution in [0.4, 0.5) is 0 Å². The van der Waals surface area contributed by atoms with Crippen LogP contribution in [0.5, 0.6) is 0 Å². The van der Waals surface area contributed by atoms with Gasteiger partial charge in [-0.25, -0.2) is 0 Å². The fraction of sp³-hybridized carbons (Fsp3) is 0.917. The molecule has 0 bridgehead atoms. The van der Waals surface area contributed by atoms with Gasteiger partial charge in [0.2, 0.25) is 0 Å². The van der Waals surface area contributed by atoms with E-state index in [0.29, 0.717) is 5.92 Å². The van der Waals surface area contributed by atoms with Crippen molar-refractivity contribution in [2.75, 3.05) is 13.1 Å². The molecule has 80 valence electrons. The van der Waals surface area contributed by atoms with Crippen LogP contribution in [-0.2, 0) is 0 Å². The molecule has 0 heterocycles. The van der Waals surface area contributed by atoms with Crippen molar-refractivity contribution in [2.45, 2.75) is 39.5 Å². The van der Waals surface area contributed by atoms with Crippen LogP contribution in [-0.4, -0.2) is 13.1 Å². The number of nitrogens with one attached hydrogen (secondary N) is 1. The SMILES string of the molecule is CC(C)C(C#N)CNCC1CCCC1. The van der Waals surface area contributed by atoms with Crippen molar-refractivity contribution in [3.63, 3.8) is 0 Å². The first-order valence-electron chi connectivity index (χ1n) is 5.84. The number of hydrogen-bond acceptors (Lipinski definition) is 2. The summed E-state index contributed by atoms with van der Waals surface area (Å²) in [5.74, 6) is 1.52. The number of rotatable bonds is 5. The summed E-state index contributed by atoms with van der Waals surface area (Å²) in [6.07, 6.45) is 5.56. The van der Waals surface area contributed by atoms with Gasteiger partial charge in [-0.1, -0.05) is 26.7 Å². The van der Waals surface area contributed by atoms with Gasteiger partial charge in [0.25, 0.3) is 0 Å². The summed E-state index contributed by atoms with van der Waals surface area (Å²) in [6, 6.07) is 2.36. The third-order valence-electron chi connectivity index (χ3n) is 3.24. The van der Waals surface area contributed by atoms with E-state index in [1.807, 2.05) is 0 Å². The summed E-state index contributed by atoms with van der Waals surface area (Å²) in [7, 11) is 0. The summed E-state index contributed by atoms with van der Waals surface area (Å²) >= 11 is 0. The molecule has 1 saturated carbocycles. The molecule has 0 spiro atoms. The van der Waals surface area contributed by atoms with Crippen molar-refractivity contribution in [3.05, 3.63) is 0 Å². The summed E-state index contributed by atoms with van der Waals surface area (Å²) < 4.78 is 0. The van der Waals surface area contributed by atoms with Crippen LogP contribution in [0.3, 0.4) is 0 Å². The topological polar surface area (TPSA) is 35.8 Å². The maximum atomic E-state index is 8.90. The standard InChI is InChI=1S/C12H22N2/c1-10(2)12(7-13)9-14-8-11-5-3-4-6-11/h10-12,14H,3-6,8-9H2,1-2H3. The van der Waals surface area contributed by atoms with E-state index in [1.54, 1.807) is 0 Å². The Morgan fingerprint density at radius 2 is 2.00 bits per heavy atom. The third kappa shape index (κ3) is 3.67. The van der Waals surface area contributed by atoms with E-state index >= 15 is 0 Å². The lowest BCUT2D eigenvalue weighted by Gasteiger charge is -2.15. The molecule has 1 atom stereocenters. The molecular formula is C12H22N2. The Labute approximate surface area is 87.7 Å². The molecule has 0 aromatic heterocycles. The molecule has 0 radical (unpaired) electrons. The zero-order valence-corrected chi connectivity index (χ0v) is 9.42. The van der Waals surface area contributed by atoms with Gasteiger partial charge in [-0.3, -0.25) is 0 Å². The highest BCUT2D eigenvalue weighted by atomic mass is 14.9. The number of nitrogens with zero attached hydrogens (tertiary/aromatic N) is 1. The van der Waals surface area contributed by atoms with Gasteiger partial charge in [0.05, 0.1) is 12.0 Å². The normalized spacial score (nSPS) is 19.9. The molecule has 1 unspecified atom stereocenters. The van der Waals surface area contributed by atoms with E-state index in [0.717, 1.165) is 19.0 Å². The van der Waals surface area contributed by atoms with Gasteiger partial charge in [-0.05, 0) is 31.2 Å². The molecule has 1 N–H and O–H groups in total. The first-order valence-corrected chi connectivity index (χ1v) is 5.84. The Balaban J connectivity index is 2.10. The van der Waals surface area contributed by atoms with Crippen molar-refractivity contribution in [3.8, 4) is 6.07 Å². The second kappa shape index (κ2) is 6.03. The van der Waals surface area contributed by atoms with Crippen molar-refractivity contribution in [2.24, 2.45) is 17.8 Å². The Morgan fingerprint density at radius 1 is 1.36 bits per heavy atom. The fourth-order valence-electron chi connectivity index (χ4n) is 2.09. The minimum absolute atomic E-state index is 0.177. The van der Waals surface area contributed by atoms with Gasteiger partial charge in [0, 0.05) is 6.54 Å². The van der Waals surface area contributed by atoms with Crippen molar-refractivity contribution < 1.29 is 0 Å². The number of nitriles is 1. The maximum Gasteiger partial charge on any atom is 0.0671 e. The minimum Gasteiger partial charge on any atom is -0.315 e. The lowest BCUT2D eigenvalue weighted by Crippen LogP contribution is -2.29. The van der Waals surface area contributed by atoms with E-state index in [9.17, 15) is 0 Å². The summed E-state index contributed by atoms with van der Waals surface area (Å²) in [5, 5.41) is 12.3. The average molecular weight is 194 g/mol. The molecule has 1 aliphatic rings. The van der Waals surface area contributed by atoms with E-state index in [4.69, 9.17) is 5.26 Å². The zero-order chi connectivity index (χ0) is 10.4. The molecule has 0 saturated heterocycles. The Hall–Kier alpha value is -0.550. The van der Waals surface area contributed by atoms with Crippen LogP contribution in [0.15, 0.2) is 0 Å². The highest BCUT2D eigenvalue weighted by molar-refractivity contribution is 4.86. The second-order valence-electron chi connectivity index (χ2n) is 4.79. The summed E-state index contributed by atoms with van der Waals surface area (Å²) in [5.41, 5.74) is 0. The molecule has 1 aliphatic carbocycles. The summed E-state index contributed by atoms with van der Waals surface area (Å²) in [6.45, 7) is 6.21. The molecule has 0 aliphatic heterocycles. The van der Waals surface area contributed by atoms with Gasteiger partial charge in [-0.2, -0.15) is 5.26 Å².